The van der Waals surface area contributed by atoms with Gasteiger partial charge in [-0.3, -0.25) is 14.5 Å². The number of likely N-dealkylation sites (tertiary alicyclic amines) is 1. The number of carbonyl (C=O) groups is 2. The summed E-state index contributed by atoms with van der Waals surface area (Å²) >= 11 is 0. The highest BCUT2D eigenvalue weighted by atomic mass is 16.2. The zero-order valence-corrected chi connectivity index (χ0v) is 17.5. The van der Waals surface area contributed by atoms with Crippen LogP contribution in [0.4, 0.5) is 0 Å². The molecule has 0 saturated carbocycles. The number of carbonyl (C=O) groups excluding carboxylic acids is 2. The molecule has 2 rings (SSSR count). The minimum absolute atomic E-state index is 0.0348. The molecule has 0 spiro atoms. The molecule has 1 fully saturated rings. The Labute approximate surface area is 163 Å². The maximum atomic E-state index is 12.6. The fraction of sp³-hybridized carbons (Fsp3) is 0.636. The van der Waals surface area contributed by atoms with E-state index in [-0.39, 0.29) is 29.8 Å². The van der Waals surface area contributed by atoms with Crippen molar-refractivity contribution in [3.63, 3.8) is 0 Å². The summed E-state index contributed by atoms with van der Waals surface area (Å²) in [7, 11) is 0. The number of hydrogen-bond acceptors (Lipinski definition) is 3. The lowest BCUT2D eigenvalue weighted by Gasteiger charge is -2.43. The van der Waals surface area contributed by atoms with Crippen LogP contribution in [0.3, 0.4) is 0 Å². The van der Waals surface area contributed by atoms with Crippen molar-refractivity contribution in [3.05, 3.63) is 35.4 Å². The van der Waals surface area contributed by atoms with Crippen LogP contribution in [0.1, 0.15) is 64.1 Å². The van der Waals surface area contributed by atoms with Crippen molar-refractivity contribution in [2.45, 2.75) is 65.5 Å². The van der Waals surface area contributed by atoms with Gasteiger partial charge in [-0.15, -0.1) is 0 Å². The summed E-state index contributed by atoms with van der Waals surface area (Å²) in [6, 6.07) is 7.65. The molecule has 1 aliphatic heterocycles. The summed E-state index contributed by atoms with van der Waals surface area (Å²) in [5.74, 6) is 0.544. The Balaban J connectivity index is 1.94. The smallest absolute Gasteiger partial charge is 0.222 e. The van der Waals surface area contributed by atoms with Crippen molar-refractivity contribution in [3.8, 4) is 0 Å². The van der Waals surface area contributed by atoms with Gasteiger partial charge in [-0.2, -0.15) is 0 Å². The summed E-state index contributed by atoms with van der Waals surface area (Å²) in [6.07, 6.45) is 2.75. The maximum absolute atomic E-state index is 12.6. The monoisotopic (exact) mass is 373 g/mol. The normalized spacial score (nSPS) is 19.4. The summed E-state index contributed by atoms with van der Waals surface area (Å²) in [6.45, 7) is 13.0. The second-order valence-electron chi connectivity index (χ2n) is 8.65. The molecule has 2 amide bonds. The number of amides is 2. The molecule has 1 aromatic rings. The number of piperidine rings is 1. The van der Waals surface area contributed by atoms with Crippen LogP contribution in [-0.2, 0) is 9.59 Å². The molecule has 2 N–H and O–H groups in total. The van der Waals surface area contributed by atoms with Crippen molar-refractivity contribution in [2.75, 3.05) is 19.6 Å². The standard InChI is InChI=1S/C22H35N3O2/c1-16-8-10-19(11-9-16)20(24-18(3)26)13-21(27)23-15-22(4,5)25-12-6-7-17(2)14-25/h8-11,17,20H,6-7,12-15H2,1-5H3,(H,23,27)(H,24,26). The Morgan fingerprint density at radius 2 is 1.93 bits per heavy atom. The number of benzene rings is 1. The van der Waals surface area contributed by atoms with Crippen molar-refractivity contribution in [1.29, 1.82) is 0 Å². The van der Waals surface area contributed by atoms with Crippen LogP contribution in [0, 0.1) is 12.8 Å². The largest absolute Gasteiger partial charge is 0.354 e. The zero-order valence-electron chi connectivity index (χ0n) is 17.5. The van der Waals surface area contributed by atoms with Crippen molar-refractivity contribution >= 4 is 11.8 Å². The molecule has 2 atom stereocenters. The summed E-state index contributed by atoms with van der Waals surface area (Å²) in [5, 5.41) is 5.99. The van der Waals surface area contributed by atoms with E-state index in [2.05, 4.69) is 36.3 Å². The van der Waals surface area contributed by atoms with E-state index in [0.29, 0.717) is 12.5 Å². The predicted molar refractivity (Wildman–Crippen MR) is 109 cm³/mol. The SMILES string of the molecule is CC(=O)NC(CC(=O)NCC(C)(C)N1CCCC(C)C1)c1ccc(C)cc1. The first-order valence-corrected chi connectivity index (χ1v) is 10.0. The van der Waals surface area contributed by atoms with E-state index in [1.54, 1.807) is 0 Å². The molecule has 0 aliphatic carbocycles. The van der Waals surface area contributed by atoms with Gasteiger partial charge in [0.1, 0.15) is 0 Å². The highest BCUT2D eigenvalue weighted by molar-refractivity contribution is 5.79. The Kier molecular flexibility index (Phi) is 7.42. The van der Waals surface area contributed by atoms with Crippen LogP contribution >= 0.6 is 0 Å². The van der Waals surface area contributed by atoms with Gasteiger partial charge < -0.3 is 10.6 Å². The number of nitrogens with zero attached hydrogens (tertiary/aromatic N) is 1. The molecule has 1 heterocycles. The van der Waals surface area contributed by atoms with Crippen LogP contribution in [0.25, 0.3) is 0 Å². The lowest BCUT2D eigenvalue weighted by atomic mass is 9.93. The van der Waals surface area contributed by atoms with E-state index < -0.39 is 0 Å². The lowest BCUT2D eigenvalue weighted by Crippen LogP contribution is -2.54. The van der Waals surface area contributed by atoms with Crippen molar-refractivity contribution in [2.24, 2.45) is 5.92 Å². The van der Waals surface area contributed by atoms with Gasteiger partial charge in [0.2, 0.25) is 11.8 Å². The first-order chi connectivity index (χ1) is 12.7. The van der Waals surface area contributed by atoms with Gasteiger partial charge in [0.25, 0.3) is 0 Å². The van der Waals surface area contributed by atoms with Crippen LogP contribution in [0.5, 0.6) is 0 Å². The average Bonchev–Trinajstić information content (AvgIpc) is 2.60. The molecule has 1 saturated heterocycles. The molecule has 2 unspecified atom stereocenters. The van der Waals surface area contributed by atoms with Gasteiger partial charge in [0.15, 0.2) is 0 Å². The summed E-state index contributed by atoms with van der Waals surface area (Å²) in [5.41, 5.74) is 2.04. The average molecular weight is 374 g/mol. The molecule has 0 aromatic heterocycles. The van der Waals surface area contributed by atoms with Crippen molar-refractivity contribution in [1.82, 2.24) is 15.5 Å². The Morgan fingerprint density at radius 1 is 1.26 bits per heavy atom. The molecule has 0 radical (unpaired) electrons. The summed E-state index contributed by atoms with van der Waals surface area (Å²) < 4.78 is 0. The van der Waals surface area contributed by atoms with Gasteiger partial charge >= 0.3 is 0 Å². The van der Waals surface area contributed by atoms with E-state index in [0.717, 1.165) is 24.2 Å². The van der Waals surface area contributed by atoms with Crippen molar-refractivity contribution < 1.29 is 9.59 Å². The summed E-state index contributed by atoms with van der Waals surface area (Å²) in [4.78, 5) is 26.6. The predicted octanol–water partition coefficient (Wildman–Crippen LogP) is 3.19. The quantitative estimate of drug-likeness (QED) is 0.772. The Morgan fingerprint density at radius 3 is 2.52 bits per heavy atom. The van der Waals surface area contributed by atoms with Crippen LogP contribution < -0.4 is 10.6 Å². The van der Waals surface area contributed by atoms with Crippen LogP contribution in [-0.4, -0.2) is 41.9 Å². The molecular formula is C22H35N3O2. The molecule has 27 heavy (non-hydrogen) atoms. The fourth-order valence-corrected chi connectivity index (χ4v) is 3.72. The van der Waals surface area contributed by atoms with E-state index in [1.807, 2.05) is 31.2 Å². The molecular weight excluding hydrogens is 338 g/mol. The van der Waals surface area contributed by atoms with Gasteiger partial charge in [0.05, 0.1) is 12.5 Å². The van der Waals surface area contributed by atoms with Gasteiger partial charge in [-0.25, -0.2) is 0 Å². The highest BCUT2D eigenvalue weighted by Crippen LogP contribution is 2.23. The zero-order chi connectivity index (χ0) is 20.0. The molecule has 1 aliphatic rings. The molecule has 150 valence electrons. The molecule has 5 nitrogen and oxygen atoms in total. The first-order valence-electron chi connectivity index (χ1n) is 10.0. The van der Waals surface area contributed by atoms with Crippen LogP contribution in [0.2, 0.25) is 0 Å². The number of nitrogens with one attached hydrogen (secondary N) is 2. The van der Waals surface area contributed by atoms with Crippen LogP contribution in [0.15, 0.2) is 24.3 Å². The lowest BCUT2D eigenvalue weighted by molar-refractivity contribution is -0.123. The minimum Gasteiger partial charge on any atom is -0.354 e. The van der Waals surface area contributed by atoms with E-state index >= 15 is 0 Å². The Bertz CT molecular complexity index is 639. The number of aryl methyl sites for hydroxylation is 1. The number of hydrogen-bond donors (Lipinski definition) is 2. The third kappa shape index (κ3) is 6.65. The third-order valence-corrected chi connectivity index (χ3v) is 5.48. The van der Waals surface area contributed by atoms with E-state index in [9.17, 15) is 9.59 Å². The molecule has 1 aromatic carbocycles. The van der Waals surface area contributed by atoms with E-state index in [4.69, 9.17) is 0 Å². The molecule has 0 bridgehead atoms. The topological polar surface area (TPSA) is 61.4 Å². The highest BCUT2D eigenvalue weighted by Gasteiger charge is 2.30. The second kappa shape index (κ2) is 9.36. The van der Waals surface area contributed by atoms with E-state index in [1.165, 1.54) is 19.8 Å². The molecule has 5 heteroatoms. The first kappa shape index (κ1) is 21.4. The third-order valence-electron chi connectivity index (χ3n) is 5.48. The fourth-order valence-electron chi connectivity index (χ4n) is 3.72. The minimum atomic E-state index is -0.304. The van der Waals surface area contributed by atoms with Gasteiger partial charge in [0, 0.05) is 25.6 Å². The number of rotatable bonds is 7. The van der Waals surface area contributed by atoms with Gasteiger partial charge in [-0.05, 0) is 51.6 Å². The maximum Gasteiger partial charge on any atom is 0.222 e. The second-order valence-corrected chi connectivity index (χ2v) is 8.65. The Hall–Kier alpha value is -1.88. The van der Waals surface area contributed by atoms with Gasteiger partial charge in [-0.1, -0.05) is 36.8 Å².